The number of aryl methyl sites for hydroxylation is 1. The number of piperidine rings is 1. The van der Waals surface area contributed by atoms with E-state index in [2.05, 4.69) is 4.98 Å². The van der Waals surface area contributed by atoms with Crippen molar-refractivity contribution in [3.63, 3.8) is 0 Å². The Balaban J connectivity index is 1.68. The lowest BCUT2D eigenvalue weighted by Crippen LogP contribution is -2.44. The summed E-state index contributed by atoms with van der Waals surface area (Å²) in [7, 11) is 0. The van der Waals surface area contributed by atoms with Crippen molar-refractivity contribution in [1.82, 2.24) is 9.88 Å². The van der Waals surface area contributed by atoms with Crippen LogP contribution in [0.1, 0.15) is 28.8 Å². The molecule has 0 radical (unpaired) electrons. The summed E-state index contributed by atoms with van der Waals surface area (Å²) in [6.07, 6.45) is 5.07. The van der Waals surface area contributed by atoms with Crippen LogP contribution in [0.4, 0.5) is 4.39 Å². The minimum Gasteiger partial charge on any atom is -0.488 e. The summed E-state index contributed by atoms with van der Waals surface area (Å²) in [6.45, 7) is 2.87. The van der Waals surface area contributed by atoms with Gasteiger partial charge in [0.2, 0.25) is 0 Å². The van der Waals surface area contributed by atoms with Gasteiger partial charge in [-0.15, -0.1) is 0 Å². The number of amides is 1. The Morgan fingerprint density at radius 2 is 2.09 bits per heavy atom. The van der Waals surface area contributed by atoms with Gasteiger partial charge in [-0.2, -0.15) is 0 Å². The molecule has 1 amide bonds. The van der Waals surface area contributed by atoms with E-state index in [0.29, 0.717) is 24.2 Å². The Kier molecular flexibility index (Phi) is 4.55. The number of pyridine rings is 1. The number of halogens is 1. The van der Waals surface area contributed by atoms with Gasteiger partial charge in [0.05, 0.1) is 6.54 Å². The van der Waals surface area contributed by atoms with Crippen LogP contribution in [-0.2, 0) is 0 Å². The number of carbonyl (C=O) groups is 1. The summed E-state index contributed by atoms with van der Waals surface area (Å²) in [5.41, 5.74) is 0.928. The van der Waals surface area contributed by atoms with Gasteiger partial charge in [-0.25, -0.2) is 4.39 Å². The van der Waals surface area contributed by atoms with E-state index in [1.54, 1.807) is 48.5 Å². The van der Waals surface area contributed by atoms with Crippen molar-refractivity contribution < 1.29 is 13.9 Å². The van der Waals surface area contributed by atoms with Crippen molar-refractivity contribution in [2.75, 3.05) is 13.1 Å². The zero-order chi connectivity index (χ0) is 16.2. The molecule has 0 N–H and O–H groups in total. The van der Waals surface area contributed by atoms with Gasteiger partial charge in [-0.3, -0.25) is 9.78 Å². The van der Waals surface area contributed by atoms with Crippen LogP contribution in [0.2, 0.25) is 0 Å². The molecule has 5 heteroatoms. The Morgan fingerprint density at radius 1 is 1.30 bits per heavy atom. The van der Waals surface area contributed by atoms with Crippen LogP contribution < -0.4 is 4.74 Å². The van der Waals surface area contributed by atoms with Gasteiger partial charge in [0.15, 0.2) is 0 Å². The highest BCUT2D eigenvalue weighted by Gasteiger charge is 2.26. The van der Waals surface area contributed by atoms with Crippen molar-refractivity contribution in [1.29, 1.82) is 0 Å². The molecule has 1 atom stereocenters. The smallest absolute Gasteiger partial charge is 0.254 e. The molecule has 1 aromatic heterocycles. The second-order valence-electron chi connectivity index (χ2n) is 5.78. The summed E-state index contributed by atoms with van der Waals surface area (Å²) in [5, 5.41) is 0. The SMILES string of the molecule is Cc1ccc(C(=O)N2CCCC(Oc3ccncc3)C2)cc1F. The number of benzene rings is 1. The maximum Gasteiger partial charge on any atom is 0.254 e. The van der Waals surface area contributed by atoms with Crippen LogP contribution in [-0.4, -0.2) is 35.0 Å². The predicted octanol–water partition coefficient (Wildman–Crippen LogP) is 3.21. The van der Waals surface area contributed by atoms with E-state index in [9.17, 15) is 9.18 Å². The number of rotatable bonds is 3. The molecule has 2 aromatic rings. The number of nitrogens with zero attached hydrogens (tertiary/aromatic N) is 2. The summed E-state index contributed by atoms with van der Waals surface area (Å²) >= 11 is 0. The lowest BCUT2D eigenvalue weighted by Gasteiger charge is -2.33. The molecular formula is C18H19FN2O2. The highest BCUT2D eigenvalue weighted by Crippen LogP contribution is 2.20. The van der Waals surface area contributed by atoms with Gasteiger partial charge < -0.3 is 9.64 Å². The van der Waals surface area contributed by atoms with Crippen molar-refractivity contribution in [2.45, 2.75) is 25.9 Å². The third kappa shape index (κ3) is 3.67. The molecule has 4 nitrogen and oxygen atoms in total. The Bertz CT molecular complexity index is 691. The van der Waals surface area contributed by atoms with E-state index < -0.39 is 0 Å². The molecular weight excluding hydrogens is 295 g/mol. The molecule has 1 aliphatic heterocycles. The molecule has 0 spiro atoms. The van der Waals surface area contributed by atoms with Gasteiger partial charge >= 0.3 is 0 Å². The maximum absolute atomic E-state index is 13.7. The normalized spacial score (nSPS) is 17.8. The molecule has 1 saturated heterocycles. The summed E-state index contributed by atoms with van der Waals surface area (Å²) in [4.78, 5) is 18.2. The highest BCUT2D eigenvalue weighted by molar-refractivity contribution is 5.94. The van der Waals surface area contributed by atoms with Crippen LogP contribution in [0.5, 0.6) is 5.75 Å². The van der Waals surface area contributed by atoms with E-state index in [1.807, 2.05) is 0 Å². The number of ether oxygens (including phenoxy) is 1. The van der Waals surface area contributed by atoms with Crippen LogP contribution in [0.3, 0.4) is 0 Å². The fourth-order valence-electron chi connectivity index (χ4n) is 2.74. The molecule has 1 unspecified atom stereocenters. The Labute approximate surface area is 134 Å². The standard InChI is InChI=1S/C18H19FN2O2/c1-13-4-5-14(11-17(13)19)18(22)21-10-2-3-16(12-21)23-15-6-8-20-9-7-15/h4-9,11,16H,2-3,10,12H2,1H3. The van der Waals surface area contributed by atoms with Crippen molar-refractivity contribution in [3.05, 3.63) is 59.7 Å². The quantitative estimate of drug-likeness (QED) is 0.873. The van der Waals surface area contributed by atoms with E-state index in [4.69, 9.17) is 4.74 Å². The zero-order valence-electron chi connectivity index (χ0n) is 13.0. The fraction of sp³-hybridized carbons (Fsp3) is 0.333. The molecule has 1 aromatic carbocycles. The first kappa shape index (κ1) is 15.5. The molecule has 1 aliphatic rings. The number of likely N-dealkylation sites (tertiary alicyclic amines) is 1. The van der Waals surface area contributed by atoms with Gasteiger partial charge in [0.1, 0.15) is 17.7 Å². The first-order valence-corrected chi connectivity index (χ1v) is 7.75. The lowest BCUT2D eigenvalue weighted by atomic mass is 10.1. The third-order valence-electron chi connectivity index (χ3n) is 4.04. The van der Waals surface area contributed by atoms with Crippen LogP contribution in [0.25, 0.3) is 0 Å². The number of aromatic nitrogens is 1. The largest absolute Gasteiger partial charge is 0.488 e. The zero-order valence-corrected chi connectivity index (χ0v) is 13.0. The average molecular weight is 314 g/mol. The van der Waals surface area contributed by atoms with Gasteiger partial charge in [0, 0.05) is 24.5 Å². The lowest BCUT2D eigenvalue weighted by molar-refractivity contribution is 0.0537. The monoisotopic (exact) mass is 314 g/mol. The number of hydrogen-bond donors (Lipinski definition) is 0. The molecule has 0 bridgehead atoms. The van der Waals surface area contributed by atoms with E-state index in [1.165, 1.54) is 6.07 Å². The molecule has 2 heterocycles. The Morgan fingerprint density at radius 3 is 2.83 bits per heavy atom. The molecule has 0 aliphatic carbocycles. The number of carbonyl (C=O) groups excluding carboxylic acids is 1. The van der Waals surface area contributed by atoms with Gasteiger partial charge in [-0.05, 0) is 49.6 Å². The Hall–Kier alpha value is -2.43. The summed E-state index contributed by atoms with van der Waals surface area (Å²) < 4.78 is 19.6. The molecule has 120 valence electrons. The topological polar surface area (TPSA) is 42.4 Å². The highest BCUT2D eigenvalue weighted by atomic mass is 19.1. The van der Waals surface area contributed by atoms with Crippen molar-refractivity contribution >= 4 is 5.91 Å². The molecule has 23 heavy (non-hydrogen) atoms. The molecule has 3 rings (SSSR count). The molecule has 0 saturated carbocycles. The third-order valence-corrected chi connectivity index (χ3v) is 4.04. The fourth-order valence-corrected chi connectivity index (χ4v) is 2.74. The van der Waals surface area contributed by atoms with Crippen molar-refractivity contribution in [3.8, 4) is 5.75 Å². The van der Waals surface area contributed by atoms with Gasteiger partial charge in [-0.1, -0.05) is 6.07 Å². The van der Waals surface area contributed by atoms with Gasteiger partial charge in [0.25, 0.3) is 5.91 Å². The average Bonchev–Trinajstić information content (AvgIpc) is 2.58. The van der Waals surface area contributed by atoms with E-state index in [-0.39, 0.29) is 17.8 Å². The first-order chi connectivity index (χ1) is 11.1. The second-order valence-corrected chi connectivity index (χ2v) is 5.78. The predicted molar refractivity (Wildman–Crippen MR) is 84.9 cm³/mol. The van der Waals surface area contributed by atoms with Crippen LogP contribution >= 0.6 is 0 Å². The van der Waals surface area contributed by atoms with Crippen LogP contribution in [0, 0.1) is 12.7 Å². The maximum atomic E-state index is 13.7. The minimum atomic E-state index is -0.350. The minimum absolute atomic E-state index is 0.0506. The number of hydrogen-bond acceptors (Lipinski definition) is 3. The second kappa shape index (κ2) is 6.77. The van der Waals surface area contributed by atoms with E-state index in [0.717, 1.165) is 18.6 Å². The molecule has 1 fully saturated rings. The summed E-state index contributed by atoms with van der Waals surface area (Å²) in [5.74, 6) is 0.255. The summed E-state index contributed by atoms with van der Waals surface area (Å²) in [6, 6.07) is 8.22. The van der Waals surface area contributed by atoms with Crippen LogP contribution in [0.15, 0.2) is 42.7 Å². The van der Waals surface area contributed by atoms with E-state index >= 15 is 0 Å². The first-order valence-electron chi connectivity index (χ1n) is 7.75. The van der Waals surface area contributed by atoms with Crippen molar-refractivity contribution in [2.24, 2.45) is 0 Å².